The summed E-state index contributed by atoms with van der Waals surface area (Å²) in [5.74, 6) is -0.538. The van der Waals surface area contributed by atoms with Gasteiger partial charge in [-0.05, 0) is 19.3 Å². The van der Waals surface area contributed by atoms with E-state index < -0.39 is 6.04 Å². The molecule has 0 spiro atoms. The van der Waals surface area contributed by atoms with Crippen molar-refractivity contribution in [2.24, 2.45) is 16.5 Å². The number of hydrogen-bond donors (Lipinski definition) is 4. The van der Waals surface area contributed by atoms with Crippen LogP contribution in [0.5, 0.6) is 0 Å². The number of aliphatic imine (C=N–C) groups is 1. The maximum absolute atomic E-state index is 11.9. The van der Waals surface area contributed by atoms with E-state index in [0.29, 0.717) is 25.1 Å². The summed E-state index contributed by atoms with van der Waals surface area (Å²) < 4.78 is 0. The van der Waals surface area contributed by atoms with Gasteiger partial charge < -0.3 is 22.1 Å². The quantitative estimate of drug-likeness (QED) is 0.289. The zero-order chi connectivity index (χ0) is 15.7. The molecule has 0 saturated carbocycles. The molecule has 2 amide bonds. The molecule has 0 aliphatic heterocycles. The predicted octanol–water partition coefficient (Wildman–Crippen LogP) is -0.569. The molecule has 116 valence electrons. The Kier molecular flexibility index (Phi) is 7.16. The van der Waals surface area contributed by atoms with Gasteiger partial charge in [0.05, 0.1) is 5.51 Å². The summed E-state index contributed by atoms with van der Waals surface area (Å²) in [4.78, 5) is 31.5. The lowest BCUT2D eigenvalue weighted by Gasteiger charge is -2.16. The van der Waals surface area contributed by atoms with Crippen molar-refractivity contribution in [3.05, 3.63) is 16.6 Å². The monoisotopic (exact) mass is 312 g/mol. The zero-order valence-corrected chi connectivity index (χ0v) is 12.7. The highest BCUT2D eigenvalue weighted by Crippen LogP contribution is 2.05. The summed E-state index contributed by atoms with van der Waals surface area (Å²) in [6.07, 6.45) is 1.96. The van der Waals surface area contributed by atoms with Gasteiger partial charge in [0.25, 0.3) is 5.91 Å². The molecule has 21 heavy (non-hydrogen) atoms. The fraction of sp³-hybridized carbons (Fsp3) is 0.500. The van der Waals surface area contributed by atoms with Crippen molar-refractivity contribution in [3.8, 4) is 0 Å². The molecule has 0 bridgehead atoms. The fourth-order valence-electron chi connectivity index (χ4n) is 1.67. The second-order valence-corrected chi connectivity index (χ2v) is 5.04. The number of hydrogen-bond acceptors (Lipinski definition) is 5. The summed E-state index contributed by atoms with van der Waals surface area (Å²) in [6, 6.07) is -0.594. The van der Waals surface area contributed by atoms with Gasteiger partial charge in [0.15, 0.2) is 5.96 Å². The summed E-state index contributed by atoms with van der Waals surface area (Å²) in [6.45, 7) is 0.503. The Morgan fingerprint density at radius 1 is 1.43 bits per heavy atom. The molecule has 0 radical (unpaired) electrons. The van der Waals surface area contributed by atoms with Gasteiger partial charge in [-0.15, -0.1) is 11.3 Å². The van der Waals surface area contributed by atoms with E-state index in [1.165, 1.54) is 18.4 Å². The van der Waals surface area contributed by atoms with E-state index in [2.05, 4.69) is 20.6 Å². The Hall–Kier alpha value is -2.16. The second kappa shape index (κ2) is 8.90. The highest BCUT2D eigenvalue weighted by molar-refractivity contribution is 7.07. The van der Waals surface area contributed by atoms with E-state index in [-0.39, 0.29) is 17.8 Å². The third-order valence-electron chi connectivity index (χ3n) is 2.73. The minimum atomic E-state index is -0.594. The minimum Gasteiger partial charge on any atom is -0.370 e. The van der Waals surface area contributed by atoms with Gasteiger partial charge in [0.2, 0.25) is 5.91 Å². The number of rotatable bonds is 8. The Labute approximate surface area is 127 Å². The topological polar surface area (TPSA) is 135 Å². The summed E-state index contributed by atoms with van der Waals surface area (Å²) in [5.41, 5.74) is 12.3. The van der Waals surface area contributed by atoms with Crippen molar-refractivity contribution in [2.75, 3.05) is 13.6 Å². The molecule has 1 unspecified atom stereocenters. The van der Waals surface area contributed by atoms with Crippen molar-refractivity contribution < 1.29 is 9.59 Å². The maximum atomic E-state index is 11.9. The first kappa shape index (κ1) is 16.9. The Morgan fingerprint density at radius 2 is 2.19 bits per heavy atom. The maximum Gasteiger partial charge on any atom is 0.271 e. The van der Waals surface area contributed by atoms with Crippen LogP contribution in [0.1, 0.15) is 29.8 Å². The predicted molar refractivity (Wildman–Crippen MR) is 82.0 cm³/mol. The first-order chi connectivity index (χ1) is 10.0. The number of carbonyl (C=O) groups is 2. The highest BCUT2D eigenvalue weighted by atomic mass is 32.1. The lowest BCUT2D eigenvalue weighted by Crippen LogP contribution is -2.45. The Bertz CT molecular complexity index is 484. The molecule has 0 saturated heterocycles. The van der Waals surface area contributed by atoms with Gasteiger partial charge in [0, 0.05) is 19.0 Å². The standard InChI is InChI=1S/C12H20N6O2S/c1-15-10(19)8(4-2-3-5-16-12(13)14)18-11(20)9-6-21-7-17-9/h6-8H,2-5H2,1H3,(H,15,19)(H,18,20)(H4,13,14,16). The Morgan fingerprint density at radius 3 is 2.76 bits per heavy atom. The summed E-state index contributed by atoms with van der Waals surface area (Å²) in [5, 5.41) is 6.85. The average molecular weight is 312 g/mol. The number of guanidine groups is 1. The van der Waals surface area contributed by atoms with E-state index in [4.69, 9.17) is 11.5 Å². The average Bonchev–Trinajstić information content (AvgIpc) is 2.98. The zero-order valence-electron chi connectivity index (χ0n) is 11.8. The number of thiazole rings is 1. The van der Waals surface area contributed by atoms with Gasteiger partial charge in [0.1, 0.15) is 11.7 Å². The minimum absolute atomic E-state index is 0.0506. The molecule has 1 rings (SSSR count). The van der Waals surface area contributed by atoms with Gasteiger partial charge in [-0.25, -0.2) is 4.98 Å². The SMILES string of the molecule is CNC(=O)C(CCCCN=C(N)N)NC(=O)c1cscn1. The van der Waals surface area contributed by atoms with Crippen LogP contribution in [-0.4, -0.2) is 42.4 Å². The van der Waals surface area contributed by atoms with Gasteiger partial charge >= 0.3 is 0 Å². The molecule has 1 atom stereocenters. The molecular weight excluding hydrogens is 292 g/mol. The molecule has 1 heterocycles. The van der Waals surface area contributed by atoms with Crippen LogP contribution in [0.15, 0.2) is 15.9 Å². The highest BCUT2D eigenvalue weighted by Gasteiger charge is 2.20. The Balaban J connectivity index is 2.46. The van der Waals surface area contributed by atoms with Crippen molar-refractivity contribution in [3.63, 3.8) is 0 Å². The van der Waals surface area contributed by atoms with Crippen LogP contribution in [0.25, 0.3) is 0 Å². The van der Waals surface area contributed by atoms with E-state index in [0.717, 1.165) is 6.42 Å². The number of nitrogens with zero attached hydrogens (tertiary/aromatic N) is 2. The van der Waals surface area contributed by atoms with Crippen molar-refractivity contribution in [1.29, 1.82) is 0 Å². The normalized spacial score (nSPS) is 11.5. The number of unbranched alkanes of at least 4 members (excludes halogenated alkanes) is 1. The van der Waals surface area contributed by atoms with E-state index in [9.17, 15) is 9.59 Å². The molecular formula is C12H20N6O2S. The number of aromatic nitrogens is 1. The van der Waals surface area contributed by atoms with Crippen LogP contribution in [0.3, 0.4) is 0 Å². The van der Waals surface area contributed by atoms with Crippen molar-refractivity contribution in [1.82, 2.24) is 15.6 Å². The summed E-state index contributed by atoms with van der Waals surface area (Å²) in [7, 11) is 1.53. The van der Waals surface area contributed by atoms with E-state index >= 15 is 0 Å². The first-order valence-corrected chi connectivity index (χ1v) is 7.45. The lowest BCUT2D eigenvalue weighted by molar-refractivity contribution is -0.122. The van der Waals surface area contributed by atoms with Crippen LogP contribution >= 0.6 is 11.3 Å². The number of nitrogens with one attached hydrogen (secondary N) is 2. The number of carbonyl (C=O) groups excluding carboxylic acids is 2. The molecule has 1 aromatic heterocycles. The molecule has 0 aliphatic rings. The molecule has 0 aromatic carbocycles. The molecule has 9 heteroatoms. The third kappa shape index (κ3) is 6.21. The van der Waals surface area contributed by atoms with Crippen LogP contribution in [-0.2, 0) is 4.79 Å². The summed E-state index contributed by atoms with van der Waals surface area (Å²) >= 11 is 1.33. The molecule has 8 nitrogen and oxygen atoms in total. The number of likely N-dealkylation sites (N-methyl/N-ethyl adjacent to an activating group) is 1. The number of nitrogens with two attached hydrogens (primary N) is 2. The third-order valence-corrected chi connectivity index (χ3v) is 3.31. The van der Waals surface area contributed by atoms with E-state index in [1.54, 1.807) is 10.9 Å². The van der Waals surface area contributed by atoms with Crippen LogP contribution < -0.4 is 22.1 Å². The molecule has 1 aromatic rings. The second-order valence-electron chi connectivity index (χ2n) is 4.32. The smallest absolute Gasteiger partial charge is 0.271 e. The molecule has 6 N–H and O–H groups in total. The lowest BCUT2D eigenvalue weighted by atomic mass is 10.1. The van der Waals surface area contributed by atoms with Crippen LogP contribution in [0.2, 0.25) is 0 Å². The molecule has 0 aliphatic carbocycles. The van der Waals surface area contributed by atoms with Crippen molar-refractivity contribution >= 4 is 29.1 Å². The fourth-order valence-corrected chi connectivity index (χ4v) is 2.20. The van der Waals surface area contributed by atoms with Crippen LogP contribution in [0.4, 0.5) is 0 Å². The molecule has 0 fully saturated rings. The van der Waals surface area contributed by atoms with Gasteiger partial charge in [-0.2, -0.15) is 0 Å². The van der Waals surface area contributed by atoms with Crippen LogP contribution in [0, 0.1) is 0 Å². The van der Waals surface area contributed by atoms with Crippen molar-refractivity contribution in [2.45, 2.75) is 25.3 Å². The number of amides is 2. The van der Waals surface area contributed by atoms with E-state index in [1.807, 2.05) is 0 Å². The van der Waals surface area contributed by atoms with Gasteiger partial charge in [-0.3, -0.25) is 14.6 Å². The van der Waals surface area contributed by atoms with Gasteiger partial charge in [-0.1, -0.05) is 0 Å². The largest absolute Gasteiger partial charge is 0.370 e. The first-order valence-electron chi connectivity index (χ1n) is 6.50.